The van der Waals surface area contributed by atoms with Crippen LogP contribution in [0.25, 0.3) is 16.7 Å². The average molecular weight is 424 g/mol. The third-order valence-corrected chi connectivity index (χ3v) is 6.12. The molecule has 7 heteroatoms. The Morgan fingerprint density at radius 3 is 2.72 bits per heavy atom. The Morgan fingerprint density at radius 1 is 1.14 bits per heavy atom. The zero-order valence-corrected chi connectivity index (χ0v) is 17.6. The molecular weight excluding hydrogens is 402 g/mol. The van der Waals surface area contributed by atoms with Crippen LogP contribution >= 0.6 is 23.1 Å². The quantitative estimate of drug-likeness (QED) is 0.410. The molecular formula is C22H21N3O2S2. The number of hydrogen-bond acceptors (Lipinski definition) is 5. The summed E-state index contributed by atoms with van der Waals surface area (Å²) in [4.78, 5) is 18.2. The van der Waals surface area contributed by atoms with Gasteiger partial charge >= 0.3 is 0 Å². The van der Waals surface area contributed by atoms with E-state index in [1.54, 1.807) is 11.3 Å². The van der Waals surface area contributed by atoms with Crippen LogP contribution in [0.4, 0.5) is 0 Å². The van der Waals surface area contributed by atoms with E-state index < -0.39 is 0 Å². The van der Waals surface area contributed by atoms with Gasteiger partial charge in [-0.3, -0.25) is 9.36 Å². The smallest absolute Gasteiger partial charge is 0.230 e. The number of ether oxygens (including phenoxy) is 1. The van der Waals surface area contributed by atoms with Crippen LogP contribution in [0.1, 0.15) is 11.8 Å². The van der Waals surface area contributed by atoms with Crippen LogP contribution in [-0.4, -0.2) is 27.8 Å². The van der Waals surface area contributed by atoms with Crippen molar-refractivity contribution in [3.05, 3.63) is 70.9 Å². The molecule has 0 saturated heterocycles. The second-order valence-corrected chi connectivity index (χ2v) is 8.26. The van der Waals surface area contributed by atoms with Crippen LogP contribution in [0.3, 0.4) is 0 Å². The second-order valence-electron chi connectivity index (χ2n) is 6.29. The third-order valence-electron chi connectivity index (χ3n) is 4.31. The van der Waals surface area contributed by atoms with Crippen molar-refractivity contribution >= 4 is 40.0 Å². The number of carbonyl (C=O) groups is 1. The summed E-state index contributed by atoms with van der Waals surface area (Å²) >= 11 is 3.08. The number of nitrogens with one attached hydrogen (secondary N) is 1. The SMILES string of the molecule is CCOc1ccc(-n2c(SCC(=O)NCc3cccs3)nc3ccccc32)cc1. The number of rotatable bonds is 8. The summed E-state index contributed by atoms with van der Waals surface area (Å²) in [6, 6.07) is 19.9. The van der Waals surface area contributed by atoms with Crippen molar-refractivity contribution in [2.24, 2.45) is 0 Å². The second kappa shape index (κ2) is 9.15. The number of fused-ring (bicyclic) bond motifs is 1. The van der Waals surface area contributed by atoms with E-state index in [0.717, 1.165) is 32.5 Å². The van der Waals surface area contributed by atoms with Crippen LogP contribution < -0.4 is 10.1 Å². The first kappa shape index (κ1) is 19.5. The molecule has 0 radical (unpaired) electrons. The summed E-state index contributed by atoms with van der Waals surface area (Å²) < 4.78 is 7.64. The van der Waals surface area contributed by atoms with E-state index in [9.17, 15) is 4.79 Å². The van der Waals surface area contributed by atoms with Crippen LogP contribution in [0, 0.1) is 0 Å². The highest BCUT2D eigenvalue weighted by molar-refractivity contribution is 7.99. The van der Waals surface area contributed by atoms with E-state index in [1.165, 1.54) is 11.8 Å². The predicted molar refractivity (Wildman–Crippen MR) is 119 cm³/mol. The van der Waals surface area contributed by atoms with Gasteiger partial charge in [0.2, 0.25) is 5.91 Å². The molecule has 2 aromatic carbocycles. The summed E-state index contributed by atoms with van der Waals surface area (Å²) in [6.45, 7) is 3.16. The van der Waals surface area contributed by atoms with Crippen molar-refractivity contribution in [1.29, 1.82) is 0 Å². The number of amides is 1. The Kier molecular flexibility index (Phi) is 6.17. The zero-order chi connectivity index (χ0) is 20.1. The molecule has 2 heterocycles. The van der Waals surface area contributed by atoms with Crippen molar-refractivity contribution in [1.82, 2.24) is 14.9 Å². The first-order valence-electron chi connectivity index (χ1n) is 9.37. The van der Waals surface area contributed by atoms with Crippen molar-refractivity contribution in [2.75, 3.05) is 12.4 Å². The fraction of sp³-hybridized carbons (Fsp3) is 0.182. The highest BCUT2D eigenvalue weighted by atomic mass is 32.2. The molecule has 0 fully saturated rings. The van der Waals surface area contributed by atoms with E-state index in [0.29, 0.717) is 18.9 Å². The lowest BCUT2D eigenvalue weighted by molar-refractivity contribution is -0.118. The molecule has 0 aliphatic carbocycles. The molecule has 0 aliphatic rings. The van der Waals surface area contributed by atoms with Gasteiger partial charge in [-0.25, -0.2) is 4.98 Å². The van der Waals surface area contributed by atoms with E-state index in [2.05, 4.69) is 9.88 Å². The number of hydrogen-bond donors (Lipinski definition) is 1. The number of aromatic nitrogens is 2. The molecule has 0 atom stereocenters. The topological polar surface area (TPSA) is 56.1 Å². The molecule has 0 spiro atoms. The summed E-state index contributed by atoms with van der Waals surface area (Å²) in [6.07, 6.45) is 0. The largest absolute Gasteiger partial charge is 0.494 e. The molecule has 2 aromatic heterocycles. The maximum absolute atomic E-state index is 12.3. The fourth-order valence-corrected chi connectivity index (χ4v) is 4.49. The summed E-state index contributed by atoms with van der Waals surface area (Å²) in [5, 5.41) is 5.77. The van der Waals surface area contributed by atoms with E-state index in [-0.39, 0.29) is 5.91 Å². The Balaban J connectivity index is 1.54. The molecule has 1 amide bonds. The van der Waals surface area contributed by atoms with Gasteiger partial charge in [0.05, 0.1) is 29.9 Å². The van der Waals surface area contributed by atoms with Gasteiger partial charge in [-0.2, -0.15) is 0 Å². The number of carbonyl (C=O) groups excluding carboxylic acids is 1. The monoisotopic (exact) mass is 423 g/mol. The minimum atomic E-state index is -0.00583. The molecule has 4 rings (SSSR count). The molecule has 0 saturated carbocycles. The summed E-state index contributed by atoms with van der Waals surface area (Å²) in [7, 11) is 0. The highest BCUT2D eigenvalue weighted by Gasteiger charge is 2.14. The average Bonchev–Trinajstić information content (AvgIpc) is 3.39. The summed E-state index contributed by atoms with van der Waals surface area (Å²) in [5.74, 6) is 1.14. The molecule has 148 valence electrons. The first-order valence-corrected chi connectivity index (χ1v) is 11.2. The maximum Gasteiger partial charge on any atom is 0.230 e. The van der Waals surface area contributed by atoms with Gasteiger partial charge in [0.1, 0.15) is 5.75 Å². The molecule has 29 heavy (non-hydrogen) atoms. The highest BCUT2D eigenvalue weighted by Crippen LogP contribution is 2.28. The van der Waals surface area contributed by atoms with Gasteiger partial charge in [-0.15, -0.1) is 11.3 Å². The van der Waals surface area contributed by atoms with E-state index in [4.69, 9.17) is 9.72 Å². The van der Waals surface area contributed by atoms with Crippen LogP contribution in [0.5, 0.6) is 5.75 Å². The number of thioether (sulfide) groups is 1. The van der Waals surface area contributed by atoms with Crippen molar-refractivity contribution in [3.8, 4) is 11.4 Å². The van der Waals surface area contributed by atoms with Gasteiger partial charge in [-0.05, 0) is 54.8 Å². The lowest BCUT2D eigenvalue weighted by atomic mass is 10.2. The van der Waals surface area contributed by atoms with Gasteiger partial charge in [0.15, 0.2) is 5.16 Å². The Hall–Kier alpha value is -2.77. The Morgan fingerprint density at radius 2 is 1.97 bits per heavy atom. The lowest BCUT2D eigenvalue weighted by Gasteiger charge is -2.10. The van der Waals surface area contributed by atoms with Gasteiger partial charge < -0.3 is 10.1 Å². The number of nitrogens with zero attached hydrogens (tertiary/aromatic N) is 2. The lowest BCUT2D eigenvalue weighted by Crippen LogP contribution is -2.24. The van der Waals surface area contributed by atoms with Crippen LogP contribution in [-0.2, 0) is 11.3 Å². The molecule has 1 N–H and O–H groups in total. The van der Waals surface area contributed by atoms with E-state index >= 15 is 0 Å². The van der Waals surface area contributed by atoms with Crippen LogP contribution in [0.2, 0.25) is 0 Å². The van der Waals surface area contributed by atoms with Crippen molar-refractivity contribution in [3.63, 3.8) is 0 Å². The van der Waals surface area contributed by atoms with Crippen molar-refractivity contribution < 1.29 is 9.53 Å². The minimum Gasteiger partial charge on any atom is -0.494 e. The Bertz CT molecular complexity index is 1090. The molecule has 0 aliphatic heterocycles. The Labute approximate surface area is 177 Å². The first-order chi connectivity index (χ1) is 14.2. The minimum absolute atomic E-state index is 0.00583. The van der Waals surface area contributed by atoms with Gasteiger partial charge in [0, 0.05) is 10.6 Å². The molecule has 4 aromatic rings. The number of para-hydroxylation sites is 2. The predicted octanol–water partition coefficient (Wildman–Crippen LogP) is 4.89. The molecule has 5 nitrogen and oxygen atoms in total. The van der Waals surface area contributed by atoms with Crippen LogP contribution in [0.15, 0.2) is 71.2 Å². The van der Waals surface area contributed by atoms with Crippen molar-refractivity contribution in [2.45, 2.75) is 18.6 Å². The van der Waals surface area contributed by atoms with Gasteiger partial charge in [0.25, 0.3) is 0 Å². The summed E-state index contributed by atoms with van der Waals surface area (Å²) in [5.41, 5.74) is 2.91. The molecule has 0 bridgehead atoms. The number of thiophene rings is 1. The standard InChI is InChI=1S/C22H21N3O2S2/c1-2-27-17-11-9-16(10-12-17)25-20-8-4-3-7-19(20)24-22(25)29-15-21(26)23-14-18-6-5-13-28-18/h3-13H,2,14-15H2,1H3,(H,23,26). The number of benzene rings is 2. The van der Waals surface area contributed by atoms with Gasteiger partial charge in [-0.1, -0.05) is 30.0 Å². The molecule has 0 unspecified atom stereocenters. The fourth-order valence-electron chi connectivity index (χ4n) is 2.99. The number of imidazole rings is 1. The third kappa shape index (κ3) is 4.63. The maximum atomic E-state index is 12.3. The zero-order valence-electron chi connectivity index (χ0n) is 16.0. The van der Waals surface area contributed by atoms with E-state index in [1.807, 2.05) is 73.0 Å². The normalized spacial score (nSPS) is 10.9.